The van der Waals surface area contributed by atoms with Gasteiger partial charge in [-0.3, -0.25) is 0 Å². The quantitative estimate of drug-likeness (QED) is 0.103. The highest BCUT2D eigenvalue weighted by Crippen LogP contribution is 2.37. The molecule has 228 valence electrons. The Balaban J connectivity index is 1.26. The van der Waals surface area contributed by atoms with E-state index in [1.54, 1.807) is 0 Å². The van der Waals surface area contributed by atoms with Crippen molar-refractivity contribution in [3.05, 3.63) is 150 Å². The van der Waals surface area contributed by atoms with Gasteiger partial charge in [-0.1, -0.05) is 139 Å². The van der Waals surface area contributed by atoms with Crippen LogP contribution < -0.4 is 5.19 Å². The molecule has 46 heavy (non-hydrogen) atoms. The van der Waals surface area contributed by atoms with Crippen LogP contribution in [-0.2, 0) is 4.43 Å². The third kappa shape index (κ3) is 6.12. The molecule has 0 saturated heterocycles. The summed E-state index contributed by atoms with van der Waals surface area (Å²) >= 11 is 0. The van der Waals surface area contributed by atoms with Gasteiger partial charge in [0.15, 0.2) is 0 Å². The van der Waals surface area contributed by atoms with Crippen molar-refractivity contribution in [2.75, 3.05) is 0 Å². The molecule has 7 aromatic rings. The molecule has 7 rings (SSSR count). The molecule has 1 nitrogen and oxygen atoms in total. The monoisotopic (exact) mass is 614 g/mol. The number of hydrogen-bond donors (Lipinski definition) is 0. The average molecular weight is 615 g/mol. The molecule has 0 saturated carbocycles. The van der Waals surface area contributed by atoms with Crippen molar-refractivity contribution in [2.24, 2.45) is 10.8 Å². The summed E-state index contributed by atoms with van der Waals surface area (Å²) in [6.45, 7) is 13.7. The molecule has 0 fully saturated rings. The molecule has 0 aliphatic heterocycles. The van der Waals surface area contributed by atoms with Crippen molar-refractivity contribution < 1.29 is 4.43 Å². The molecule has 0 spiro atoms. The standard InChI is InChI=1S/C44H42OSi/c1-43(2,3)42(44(4,5)6)45-46-40-20-19-32-22-36-25-35-21-31-17-18-33(23-34(31)24-37(35)26-38(36)27-39(32)28-40)41(29-13-9-7-10-14-29)30-15-11-8-12-16-30/h7-28,41-42H,1-6H3. The van der Waals surface area contributed by atoms with Crippen LogP contribution in [0, 0.1) is 10.8 Å². The van der Waals surface area contributed by atoms with Gasteiger partial charge in [0, 0.05) is 5.92 Å². The first-order chi connectivity index (χ1) is 22.0. The number of fused-ring (bicyclic) bond motifs is 4. The van der Waals surface area contributed by atoms with Crippen LogP contribution in [0.25, 0.3) is 43.1 Å². The molecular formula is C44H42OSi. The van der Waals surface area contributed by atoms with E-state index in [1.165, 1.54) is 65.0 Å². The first-order valence-electron chi connectivity index (χ1n) is 16.4. The number of hydrogen-bond acceptors (Lipinski definition) is 1. The lowest BCUT2D eigenvalue weighted by Crippen LogP contribution is -2.43. The Labute approximate surface area is 276 Å². The summed E-state index contributed by atoms with van der Waals surface area (Å²) < 4.78 is 6.60. The summed E-state index contributed by atoms with van der Waals surface area (Å²) in [7, 11) is 0.321. The Morgan fingerprint density at radius 3 is 1.30 bits per heavy atom. The Bertz CT molecular complexity index is 2120. The molecule has 0 heterocycles. The first-order valence-corrected chi connectivity index (χ1v) is 17.3. The highest BCUT2D eigenvalue weighted by atomic mass is 28.2. The second-order valence-corrected chi connectivity index (χ2v) is 16.0. The van der Waals surface area contributed by atoms with Crippen LogP contribution in [0.1, 0.15) is 64.2 Å². The van der Waals surface area contributed by atoms with Crippen LogP contribution in [0.4, 0.5) is 0 Å². The summed E-state index contributed by atoms with van der Waals surface area (Å²) in [5.41, 5.74) is 4.09. The maximum Gasteiger partial charge on any atom is 0.269 e. The summed E-state index contributed by atoms with van der Waals surface area (Å²) in [6.07, 6.45) is 0.169. The van der Waals surface area contributed by atoms with Crippen molar-refractivity contribution in [3.63, 3.8) is 0 Å². The van der Waals surface area contributed by atoms with Gasteiger partial charge in [-0.15, -0.1) is 0 Å². The maximum atomic E-state index is 6.60. The van der Waals surface area contributed by atoms with Crippen LogP contribution >= 0.6 is 0 Å². The fourth-order valence-corrected chi connectivity index (χ4v) is 8.74. The largest absolute Gasteiger partial charge is 0.407 e. The molecule has 0 amide bonds. The predicted molar refractivity (Wildman–Crippen MR) is 199 cm³/mol. The fourth-order valence-electron chi connectivity index (χ4n) is 7.41. The molecule has 0 atom stereocenters. The van der Waals surface area contributed by atoms with Gasteiger partial charge in [-0.25, -0.2) is 0 Å². The zero-order chi connectivity index (χ0) is 32.1. The Morgan fingerprint density at radius 1 is 0.413 bits per heavy atom. The molecule has 0 unspecified atom stereocenters. The molecule has 2 radical (unpaired) electrons. The van der Waals surface area contributed by atoms with E-state index >= 15 is 0 Å². The van der Waals surface area contributed by atoms with Crippen LogP contribution in [0.5, 0.6) is 0 Å². The smallest absolute Gasteiger partial charge is 0.269 e. The Kier molecular flexibility index (Phi) is 7.83. The van der Waals surface area contributed by atoms with Crippen molar-refractivity contribution in [1.82, 2.24) is 0 Å². The van der Waals surface area contributed by atoms with E-state index in [4.69, 9.17) is 4.43 Å². The SMILES string of the molecule is CC(C)(C)C(O[Si]c1ccc2cc3cc4cc5ccc(C(c6ccccc6)c6ccccc6)cc5cc4cc3cc2c1)C(C)(C)C. The first kappa shape index (κ1) is 30.4. The second-order valence-electron chi connectivity index (χ2n) is 15.0. The van der Waals surface area contributed by atoms with Gasteiger partial charge in [-0.05, 0) is 112 Å². The molecule has 0 aromatic heterocycles. The van der Waals surface area contributed by atoms with E-state index in [0.29, 0.717) is 9.76 Å². The van der Waals surface area contributed by atoms with Crippen molar-refractivity contribution in [1.29, 1.82) is 0 Å². The third-order valence-electron chi connectivity index (χ3n) is 9.20. The van der Waals surface area contributed by atoms with Gasteiger partial charge in [0.05, 0.1) is 6.10 Å². The van der Waals surface area contributed by atoms with E-state index in [9.17, 15) is 0 Å². The molecule has 0 aliphatic carbocycles. The third-order valence-corrected chi connectivity index (χ3v) is 10.1. The van der Waals surface area contributed by atoms with Gasteiger partial charge < -0.3 is 4.43 Å². The average Bonchev–Trinajstić information content (AvgIpc) is 3.02. The van der Waals surface area contributed by atoms with Gasteiger partial charge in [0.25, 0.3) is 9.76 Å². The fraction of sp³-hybridized carbons (Fsp3) is 0.227. The predicted octanol–water partition coefficient (Wildman–Crippen LogP) is 11.2. The van der Waals surface area contributed by atoms with Crippen molar-refractivity contribution in [3.8, 4) is 0 Å². The summed E-state index contributed by atoms with van der Waals surface area (Å²) in [4.78, 5) is 0. The Morgan fingerprint density at radius 2 is 0.826 bits per heavy atom. The van der Waals surface area contributed by atoms with Gasteiger partial charge >= 0.3 is 0 Å². The summed E-state index contributed by atoms with van der Waals surface area (Å²) in [5.74, 6) is 0.187. The highest BCUT2D eigenvalue weighted by Gasteiger charge is 2.35. The van der Waals surface area contributed by atoms with Gasteiger partial charge in [-0.2, -0.15) is 0 Å². The lowest BCUT2D eigenvalue weighted by molar-refractivity contribution is 0.00183. The number of benzene rings is 7. The topological polar surface area (TPSA) is 9.23 Å². The van der Waals surface area contributed by atoms with E-state index in [1.807, 2.05) is 0 Å². The molecule has 7 aromatic carbocycles. The van der Waals surface area contributed by atoms with E-state index in [2.05, 4.69) is 175 Å². The van der Waals surface area contributed by atoms with Crippen LogP contribution in [-0.4, -0.2) is 15.9 Å². The molecule has 0 N–H and O–H groups in total. The Hall–Kier alpha value is -4.24. The minimum Gasteiger partial charge on any atom is -0.407 e. The molecular weight excluding hydrogens is 573 g/mol. The normalized spacial score (nSPS) is 12.7. The zero-order valence-electron chi connectivity index (χ0n) is 27.8. The van der Waals surface area contributed by atoms with Crippen LogP contribution in [0.3, 0.4) is 0 Å². The molecule has 0 aliphatic rings. The van der Waals surface area contributed by atoms with Crippen molar-refractivity contribution >= 4 is 58.0 Å². The van der Waals surface area contributed by atoms with E-state index in [0.717, 1.165) is 0 Å². The minimum atomic E-state index is 0.0777. The van der Waals surface area contributed by atoms with Gasteiger partial charge in [0.1, 0.15) is 0 Å². The summed E-state index contributed by atoms with van der Waals surface area (Å²) in [5, 5.41) is 11.4. The highest BCUT2D eigenvalue weighted by molar-refractivity contribution is 6.47. The van der Waals surface area contributed by atoms with Crippen LogP contribution in [0.2, 0.25) is 0 Å². The zero-order valence-corrected chi connectivity index (χ0v) is 28.8. The molecule has 0 bridgehead atoms. The minimum absolute atomic E-state index is 0.0777. The number of rotatable bonds is 6. The van der Waals surface area contributed by atoms with Crippen LogP contribution in [0.15, 0.2) is 133 Å². The molecule has 2 heteroatoms. The maximum absolute atomic E-state index is 6.60. The van der Waals surface area contributed by atoms with E-state index in [-0.39, 0.29) is 22.9 Å². The van der Waals surface area contributed by atoms with Gasteiger partial charge in [0.2, 0.25) is 0 Å². The lowest BCUT2D eigenvalue weighted by Gasteiger charge is -2.40. The van der Waals surface area contributed by atoms with E-state index < -0.39 is 0 Å². The summed E-state index contributed by atoms with van der Waals surface area (Å²) in [6, 6.07) is 49.6. The lowest BCUT2D eigenvalue weighted by atomic mass is 9.74. The second kappa shape index (κ2) is 11.8. The van der Waals surface area contributed by atoms with Crippen molar-refractivity contribution in [2.45, 2.75) is 53.6 Å².